The van der Waals surface area contributed by atoms with Crippen LogP contribution < -0.4 is 3.58 Å². The topological polar surface area (TPSA) is 12.9 Å². The molecule has 126 valence electrons. The fraction of sp³-hybridized carbons (Fsp3) is 0.750. The summed E-state index contributed by atoms with van der Waals surface area (Å²) in [6, 6.07) is 2.42. The molecule has 0 unspecified atom stereocenters. The Hall–Kier alpha value is -0.0513. The molecule has 1 rings (SSSR count). The Labute approximate surface area is 143 Å². The predicted molar refractivity (Wildman–Crippen MR) is 103 cm³/mol. The average molecular weight is 410 g/mol. The Morgan fingerprint density at radius 2 is 1.41 bits per heavy atom. The number of hydrogen-bond acceptors (Lipinski definition) is 1. The molecule has 0 radical (unpaired) electrons. The van der Waals surface area contributed by atoms with Crippen molar-refractivity contribution in [1.29, 1.82) is 0 Å². The zero-order valence-corrected chi connectivity index (χ0v) is 18.5. The third kappa shape index (κ3) is 5.54. The van der Waals surface area contributed by atoms with Crippen LogP contribution in [-0.2, 0) is 0 Å². The second kappa shape index (κ2) is 10.7. The van der Waals surface area contributed by atoms with E-state index in [4.69, 9.17) is 0 Å². The fourth-order valence-corrected chi connectivity index (χ4v) is 20.9. The van der Waals surface area contributed by atoms with Crippen molar-refractivity contribution >= 4 is 22.0 Å². The Morgan fingerprint density at radius 1 is 0.909 bits per heavy atom. The summed E-state index contributed by atoms with van der Waals surface area (Å²) in [5.74, 6) is 0.615. The van der Waals surface area contributed by atoms with Crippen LogP contribution in [0.4, 0.5) is 0 Å². The molecule has 0 saturated carbocycles. The number of pyridine rings is 1. The summed E-state index contributed by atoms with van der Waals surface area (Å²) < 4.78 is 6.47. The Kier molecular flexibility index (Phi) is 9.70. The van der Waals surface area contributed by atoms with Gasteiger partial charge in [-0.15, -0.1) is 0 Å². The third-order valence-corrected chi connectivity index (χ3v) is 20.9. The maximum atomic E-state index is 4.45. The fourth-order valence-electron chi connectivity index (χ4n) is 3.67. The van der Waals surface area contributed by atoms with Gasteiger partial charge in [-0.3, -0.25) is 0 Å². The minimum absolute atomic E-state index is 0.615. The molecule has 0 aliphatic carbocycles. The van der Waals surface area contributed by atoms with Crippen molar-refractivity contribution in [2.45, 2.75) is 92.4 Å². The Bertz CT molecular complexity index is 392. The van der Waals surface area contributed by atoms with Gasteiger partial charge in [0.25, 0.3) is 0 Å². The summed E-state index contributed by atoms with van der Waals surface area (Å²) in [6.07, 6.45) is 12.6. The average Bonchev–Trinajstić information content (AvgIpc) is 2.54. The molecule has 0 spiro atoms. The first kappa shape index (κ1) is 20.0. The summed E-state index contributed by atoms with van der Waals surface area (Å²) in [4.78, 5) is 4.45. The molecule has 1 aromatic rings. The molecule has 1 heterocycles. The van der Waals surface area contributed by atoms with Crippen LogP contribution in [-0.4, -0.2) is 23.4 Å². The van der Waals surface area contributed by atoms with E-state index in [1.54, 1.807) is 18.9 Å². The molecule has 0 aromatic carbocycles. The van der Waals surface area contributed by atoms with Gasteiger partial charge in [0.1, 0.15) is 0 Å². The van der Waals surface area contributed by atoms with Crippen molar-refractivity contribution in [1.82, 2.24) is 4.98 Å². The first-order valence-electron chi connectivity index (χ1n) is 9.55. The Morgan fingerprint density at radius 3 is 1.82 bits per heavy atom. The molecular formula is C20H37NSn. The molecular weight excluding hydrogens is 373 g/mol. The number of rotatable bonds is 11. The first-order chi connectivity index (χ1) is 10.6. The molecule has 0 saturated heterocycles. The van der Waals surface area contributed by atoms with Crippen molar-refractivity contribution in [2.24, 2.45) is 0 Å². The zero-order chi connectivity index (χ0) is 16.4. The van der Waals surface area contributed by atoms with Gasteiger partial charge < -0.3 is 0 Å². The first-order valence-corrected chi connectivity index (χ1v) is 17.0. The van der Waals surface area contributed by atoms with Crippen LogP contribution in [0, 0.1) is 0 Å². The summed E-state index contributed by atoms with van der Waals surface area (Å²) in [5, 5.41) is 0. The summed E-state index contributed by atoms with van der Waals surface area (Å²) >= 11 is -2.28. The van der Waals surface area contributed by atoms with E-state index < -0.39 is 18.4 Å². The van der Waals surface area contributed by atoms with Crippen LogP contribution in [0.2, 0.25) is 13.3 Å². The molecule has 1 nitrogen and oxygen atoms in total. The quantitative estimate of drug-likeness (QED) is 0.393. The minimum atomic E-state index is -2.28. The van der Waals surface area contributed by atoms with Gasteiger partial charge in [0.2, 0.25) is 0 Å². The molecule has 0 N–H and O–H groups in total. The van der Waals surface area contributed by atoms with E-state index in [0.717, 1.165) is 0 Å². The van der Waals surface area contributed by atoms with Gasteiger partial charge >= 0.3 is 143 Å². The van der Waals surface area contributed by atoms with Gasteiger partial charge in [-0.25, -0.2) is 0 Å². The van der Waals surface area contributed by atoms with E-state index in [1.165, 1.54) is 38.5 Å². The molecule has 0 atom stereocenters. The maximum absolute atomic E-state index is 4.45. The van der Waals surface area contributed by atoms with Crippen LogP contribution in [0.1, 0.15) is 84.6 Å². The molecule has 2 heteroatoms. The third-order valence-electron chi connectivity index (χ3n) is 5.07. The van der Waals surface area contributed by atoms with E-state index in [9.17, 15) is 0 Å². The van der Waals surface area contributed by atoms with Gasteiger partial charge in [0.15, 0.2) is 0 Å². The SMILES string of the molecule is CCC[CH2][Sn]([CH2]CCC)([CH2]CCC)[c]1ccncc1C(C)C. The van der Waals surface area contributed by atoms with Gasteiger partial charge in [-0.2, -0.15) is 0 Å². The number of unbranched alkanes of at least 4 members (excludes halogenated alkanes) is 3. The number of hydrogen-bond donors (Lipinski definition) is 0. The molecule has 0 aliphatic rings. The zero-order valence-electron chi connectivity index (χ0n) is 15.6. The van der Waals surface area contributed by atoms with Crippen LogP contribution in [0.5, 0.6) is 0 Å². The van der Waals surface area contributed by atoms with Gasteiger partial charge in [0.05, 0.1) is 0 Å². The van der Waals surface area contributed by atoms with Crippen LogP contribution in [0.25, 0.3) is 0 Å². The van der Waals surface area contributed by atoms with Crippen molar-refractivity contribution in [3.05, 3.63) is 24.0 Å². The van der Waals surface area contributed by atoms with E-state index in [-0.39, 0.29) is 0 Å². The van der Waals surface area contributed by atoms with E-state index in [1.807, 2.05) is 3.58 Å². The van der Waals surface area contributed by atoms with Crippen molar-refractivity contribution in [3.63, 3.8) is 0 Å². The molecule has 0 amide bonds. The second-order valence-electron chi connectivity index (χ2n) is 7.21. The van der Waals surface area contributed by atoms with E-state index >= 15 is 0 Å². The number of nitrogens with zero attached hydrogens (tertiary/aromatic N) is 1. The molecule has 1 aromatic heterocycles. The van der Waals surface area contributed by atoms with Gasteiger partial charge in [0, 0.05) is 0 Å². The molecule has 0 aliphatic heterocycles. The summed E-state index contributed by atoms with van der Waals surface area (Å²) in [5.41, 5.74) is 1.57. The van der Waals surface area contributed by atoms with Crippen molar-refractivity contribution < 1.29 is 0 Å². The normalized spacial score (nSPS) is 12.1. The standard InChI is InChI=1S/C8H10N.3C4H9.Sn/c1-7(2)8-4-3-5-9-6-8;3*1-3-4-2;/h3,5-7H,1-2H3;3*1,3-4H2,2H3;. The molecule has 0 fully saturated rings. The number of aromatic nitrogens is 1. The second-order valence-corrected chi connectivity index (χ2v) is 20.3. The van der Waals surface area contributed by atoms with Crippen LogP contribution >= 0.6 is 0 Å². The van der Waals surface area contributed by atoms with Crippen LogP contribution in [0.3, 0.4) is 0 Å². The summed E-state index contributed by atoms with van der Waals surface area (Å²) in [6.45, 7) is 11.7. The molecule has 22 heavy (non-hydrogen) atoms. The van der Waals surface area contributed by atoms with Crippen molar-refractivity contribution in [3.8, 4) is 0 Å². The predicted octanol–water partition coefficient (Wildman–Crippen LogP) is 6.26. The van der Waals surface area contributed by atoms with E-state index in [0.29, 0.717) is 5.92 Å². The summed E-state index contributed by atoms with van der Waals surface area (Å²) in [7, 11) is 0. The Balaban J connectivity index is 3.25. The van der Waals surface area contributed by atoms with Gasteiger partial charge in [-0.1, -0.05) is 0 Å². The molecule has 0 bridgehead atoms. The van der Waals surface area contributed by atoms with E-state index in [2.05, 4.69) is 58.1 Å². The monoisotopic (exact) mass is 411 g/mol. The van der Waals surface area contributed by atoms with Gasteiger partial charge in [-0.05, 0) is 0 Å². The van der Waals surface area contributed by atoms with Crippen molar-refractivity contribution in [2.75, 3.05) is 0 Å². The van der Waals surface area contributed by atoms with Crippen LogP contribution in [0.15, 0.2) is 18.5 Å².